The fourth-order valence-electron chi connectivity index (χ4n) is 5.08. The quantitative estimate of drug-likeness (QED) is 0.299. The van der Waals surface area contributed by atoms with Gasteiger partial charge in [-0.05, 0) is 76.3 Å². The molecule has 0 saturated carbocycles. The molecule has 182 valence electrons. The van der Waals surface area contributed by atoms with E-state index in [-0.39, 0.29) is 18.9 Å². The monoisotopic (exact) mass is 453 g/mol. The van der Waals surface area contributed by atoms with E-state index in [1.54, 1.807) is 0 Å². The number of likely N-dealkylation sites (tertiary alicyclic amines) is 2. The van der Waals surface area contributed by atoms with Gasteiger partial charge < -0.3 is 16.7 Å². The van der Waals surface area contributed by atoms with Crippen molar-refractivity contribution in [3.05, 3.63) is 85.1 Å². The molecule has 3 heteroatoms. The number of hydrogen-bond acceptors (Lipinski definition) is 2. The van der Waals surface area contributed by atoms with Crippen molar-refractivity contribution in [2.45, 2.75) is 70.1 Å². The maximum absolute atomic E-state index is 3.96. The summed E-state index contributed by atoms with van der Waals surface area (Å²) in [4.78, 5) is 5.21. The zero-order chi connectivity index (χ0) is 23.0. The average molecular weight is 454 g/mol. The molecule has 2 aliphatic rings. The first-order valence-electron chi connectivity index (χ1n) is 13.5. The third-order valence-corrected chi connectivity index (χ3v) is 7.08. The molecule has 2 nitrogen and oxygen atoms in total. The fraction of sp³-hybridized carbons (Fsp3) is 0.548. The largest absolute Gasteiger partial charge is 1.00 e. The van der Waals surface area contributed by atoms with Crippen molar-refractivity contribution in [2.75, 3.05) is 39.3 Å². The topological polar surface area (TPSA) is 6.48 Å². The molecule has 2 aliphatic heterocycles. The SMILES string of the molecule is [CH2-]CCCC[C@H](CN1CCCCC1)c1ccccc1.[Li+].c1ccc([CH-]CN2CCCCC2)cc1. The Morgan fingerprint density at radius 3 is 1.85 bits per heavy atom. The van der Waals surface area contributed by atoms with Crippen molar-refractivity contribution < 1.29 is 18.9 Å². The zero-order valence-corrected chi connectivity index (χ0v) is 21.8. The predicted molar refractivity (Wildman–Crippen MR) is 143 cm³/mol. The number of rotatable bonds is 10. The van der Waals surface area contributed by atoms with E-state index in [0.29, 0.717) is 5.92 Å². The van der Waals surface area contributed by atoms with E-state index in [1.807, 2.05) is 0 Å². The number of hydrogen-bond donors (Lipinski definition) is 0. The minimum Gasteiger partial charge on any atom is -0.343 e. The molecule has 0 bridgehead atoms. The molecule has 0 amide bonds. The van der Waals surface area contributed by atoms with Crippen LogP contribution in [0.3, 0.4) is 0 Å². The normalized spacial score (nSPS) is 17.7. The Hall–Kier alpha value is -1.17. The molecule has 4 rings (SSSR count). The van der Waals surface area contributed by atoms with Gasteiger partial charge in [0.05, 0.1) is 0 Å². The average Bonchev–Trinajstić information content (AvgIpc) is 2.90. The van der Waals surface area contributed by atoms with Crippen molar-refractivity contribution in [3.63, 3.8) is 0 Å². The van der Waals surface area contributed by atoms with Crippen LogP contribution >= 0.6 is 0 Å². The Morgan fingerprint density at radius 2 is 1.26 bits per heavy atom. The minimum absolute atomic E-state index is 0. The molecule has 1 atom stereocenters. The summed E-state index contributed by atoms with van der Waals surface area (Å²) in [6, 6.07) is 21.7. The van der Waals surface area contributed by atoms with Crippen molar-refractivity contribution in [2.24, 2.45) is 0 Å². The van der Waals surface area contributed by atoms with E-state index in [4.69, 9.17) is 0 Å². The summed E-state index contributed by atoms with van der Waals surface area (Å²) in [5.74, 6) is 0.714. The standard InChI is InChI=1S/C18H28N.C13H18N.Li/c1-2-3-6-13-18(17-11-7-4-8-12-17)16-19-14-9-5-10-15-19;1-3-7-13(8-4-1)9-12-14-10-5-2-6-11-14;/h4,7-8,11-12,18H,1-3,5-6,9-10,13-16H2;1,3-4,7-9H,2,5-6,10-12H2;/q2*-1;+1/t18-;;/m1../s1. The maximum atomic E-state index is 3.96. The van der Waals surface area contributed by atoms with E-state index < -0.39 is 0 Å². The smallest absolute Gasteiger partial charge is 0.343 e. The van der Waals surface area contributed by atoms with Crippen LogP contribution in [0, 0.1) is 13.3 Å². The van der Waals surface area contributed by atoms with Gasteiger partial charge in [-0.25, -0.2) is 0 Å². The molecule has 0 radical (unpaired) electrons. The van der Waals surface area contributed by atoms with Gasteiger partial charge in [0, 0.05) is 6.54 Å². The number of nitrogens with zero attached hydrogens (tertiary/aromatic N) is 2. The van der Waals surface area contributed by atoms with E-state index >= 15 is 0 Å². The second-order valence-corrected chi connectivity index (χ2v) is 9.79. The molecule has 0 spiro atoms. The Labute approximate surface area is 222 Å². The molecule has 34 heavy (non-hydrogen) atoms. The molecular formula is C31H46LiN2-. The van der Waals surface area contributed by atoms with Gasteiger partial charge in [0.2, 0.25) is 0 Å². The van der Waals surface area contributed by atoms with E-state index in [1.165, 1.54) is 102 Å². The molecule has 0 N–H and O–H groups in total. The summed E-state index contributed by atoms with van der Waals surface area (Å²) >= 11 is 0. The van der Waals surface area contributed by atoms with Crippen LogP contribution in [0.1, 0.15) is 81.3 Å². The van der Waals surface area contributed by atoms with E-state index in [9.17, 15) is 0 Å². The summed E-state index contributed by atoms with van der Waals surface area (Å²) in [5.41, 5.74) is 2.87. The van der Waals surface area contributed by atoms with Crippen molar-refractivity contribution >= 4 is 0 Å². The third kappa shape index (κ3) is 11.5. The molecule has 2 heterocycles. The summed E-state index contributed by atoms with van der Waals surface area (Å²) in [7, 11) is 0. The summed E-state index contributed by atoms with van der Waals surface area (Å²) in [6.07, 6.45) is 15.7. The van der Waals surface area contributed by atoms with Gasteiger partial charge in [0.15, 0.2) is 0 Å². The zero-order valence-electron chi connectivity index (χ0n) is 21.8. The van der Waals surface area contributed by atoms with Crippen LogP contribution in [-0.2, 0) is 0 Å². The van der Waals surface area contributed by atoms with Gasteiger partial charge >= 0.3 is 18.9 Å². The van der Waals surface area contributed by atoms with Gasteiger partial charge in [-0.15, -0.1) is 12.1 Å². The van der Waals surface area contributed by atoms with Crippen LogP contribution in [0.5, 0.6) is 0 Å². The van der Waals surface area contributed by atoms with Crippen molar-refractivity contribution in [3.8, 4) is 0 Å². The minimum atomic E-state index is 0. The van der Waals surface area contributed by atoms with Gasteiger partial charge in [0.1, 0.15) is 0 Å². The van der Waals surface area contributed by atoms with Gasteiger partial charge in [-0.2, -0.15) is 30.5 Å². The molecule has 2 saturated heterocycles. The second kappa shape index (κ2) is 18.1. The maximum Gasteiger partial charge on any atom is 1.00 e. The Kier molecular flexibility index (Phi) is 15.5. The number of benzene rings is 2. The van der Waals surface area contributed by atoms with Gasteiger partial charge in [-0.3, -0.25) is 0 Å². The summed E-state index contributed by atoms with van der Waals surface area (Å²) in [5, 5.41) is 0. The van der Waals surface area contributed by atoms with E-state index in [0.717, 1.165) is 13.0 Å². The van der Waals surface area contributed by atoms with Crippen LogP contribution in [-0.4, -0.2) is 49.1 Å². The predicted octanol–water partition coefficient (Wildman–Crippen LogP) is 4.38. The molecular weight excluding hydrogens is 407 g/mol. The van der Waals surface area contributed by atoms with Crippen LogP contribution in [0.4, 0.5) is 0 Å². The van der Waals surface area contributed by atoms with Crippen molar-refractivity contribution in [1.82, 2.24) is 9.80 Å². The molecule has 0 unspecified atom stereocenters. The van der Waals surface area contributed by atoms with Gasteiger partial charge in [-0.1, -0.05) is 62.1 Å². The first-order valence-corrected chi connectivity index (χ1v) is 13.5. The van der Waals surface area contributed by atoms with Crippen LogP contribution in [0.2, 0.25) is 0 Å². The van der Waals surface area contributed by atoms with Crippen LogP contribution < -0.4 is 18.9 Å². The molecule has 0 aliphatic carbocycles. The van der Waals surface area contributed by atoms with Gasteiger partial charge in [0.25, 0.3) is 0 Å². The second-order valence-electron chi connectivity index (χ2n) is 9.79. The van der Waals surface area contributed by atoms with Crippen LogP contribution in [0.25, 0.3) is 0 Å². The third-order valence-electron chi connectivity index (χ3n) is 7.08. The number of piperidine rings is 2. The fourth-order valence-corrected chi connectivity index (χ4v) is 5.08. The summed E-state index contributed by atoms with van der Waals surface area (Å²) < 4.78 is 0. The first kappa shape index (κ1) is 29.1. The molecule has 0 aromatic heterocycles. The molecule has 2 aromatic rings. The molecule has 2 fully saturated rings. The van der Waals surface area contributed by atoms with Crippen LogP contribution in [0.15, 0.2) is 60.7 Å². The number of unbranched alkanes of at least 4 members (excludes halogenated alkanes) is 2. The Morgan fingerprint density at radius 1 is 0.706 bits per heavy atom. The summed E-state index contributed by atoms with van der Waals surface area (Å²) in [6.45, 7) is 11.5. The molecule has 2 aromatic carbocycles. The first-order chi connectivity index (χ1) is 16.3. The van der Waals surface area contributed by atoms with E-state index in [2.05, 4.69) is 83.8 Å². The Balaban J connectivity index is 0.000000243. The Bertz CT molecular complexity index is 709. The van der Waals surface area contributed by atoms with Crippen molar-refractivity contribution in [1.29, 1.82) is 0 Å².